The predicted molar refractivity (Wildman–Crippen MR) is 56.0 cm³/mol. The molecule has 0 aromatic carbocycles. The second kappa shape index (κ2) is 4.61. The first-order chi connectivity index (χ1) is 7.10. The predicted octanol–water partition coefficient (Wildman–Crippen LogP) is 1.27. The number of nitrogens with zero attached hydrogens (tertiary/aromatic N) is 1. The Hall–Kier alpha value is -1.10. The molecule has 0 aliphatic carbocycles. The zero-order chi connectivity index (χ0) is 11.5. The maximum atomic E-state index is 11.4. The Morgan fingerprint density at radius 3 is 2.53 bits per heavy atom. The van der Waals surface area contributed by atoms with Crippen molar-refractivity contribution < 1.29 is 15.1 Å². The molecule has 0 spiro atoms. The molecule has 15 heavy (non-hydrogen) atoms. The van der Waals surface area contributed by atoms with Gasteiger partial charge in [0.15, 0.2) is 0 Å². The van der Waals surface area contributed by atoms with Gasteiger partial charge in [-0.1, -0.05) is 26.7 Å². The maximum absolute atomic E-state index is 11.4. The van der Waals surface area contributed by atoms with Crippen LogP contribution in [-0.4, -0.2) is 28.7 Å². The lowest BCUT2D eigenvalue weighted by Crippen LogP contribution is -2.40. The molecule has 1 heterocycles. The van der Waals surface area contributed by atoms with Crippen LogP contribution in [-0.2, 0) is 4.79 Å². The van der Waals surface area contributed by atoms with Gasteiger partial charge >= 0.3 is 5.97 Å². The molecule has 86 valence electrons. The van der Waals surface area contributed by atoms with Crippen LogP contribution in [0.3, 0.4) is 0 Å². The van der Waals surface area contributed by atoms with E-state index in [4.69, 9.17) is 5.21 Å². The third-order valence-electron chi connectivity index (χ3n) is 3.36. The molecule has 0 aromatic rings. The van der Waals surface area contributed by atoms with E-state index in [1.807, 2.05) is 19.3 Å². The number of aliphatic imine (C=N–C) groups is 1. The standard InChI is InChI=1S/C10H18N2O3/c1-3-7(4-2)10(9(13)14)5-8(12-15)11-6-10/h7,15H,3-6H2,1-2H3,(H,11,12)(H,13,14). The Labute approximate surface area is 89.2 Å². The number of carboxylic acids is 1. The van der Waals surface area contributed by atoms with Gasteiger partial charge in [-0.2, -0.15) is 0 Å². The Morgan fingerprint density at radius 1 is 1.60 bits per heavy atom. The van der Waals surface area contributed by atoms with E-state index in [0.717, 1.165) is 12.8 Å². The van der Waals surface area contributed by atoms with E-state index >= 15 is 0 Å². The van der Waals surface area contributed by atoms with Crippen LogP contribution in [0.2, 0.25) is 0 Å². The van der Waals surface area contributed by atoms with Crippen LogP contribution in [0, 0.1) is 11.3 Å². The summed E-state index contributed by atoms with van der Waals surface area (Å²) in [6.07, 6.45) is 1.93. The monoisotopic (exact) mass is 214 g/mol. The number of rotatable bonds is 4. The summed E-state index contributed by atoms with van der Waals surface area (Å²) in [6, 6.07) is 0. The van der Waals surface area contributed by atoms with Crippen molar-refractivity contribution in [3.8, 4) is 0 Å². The van der Waals surface area contributed by atoms with Gasteiger partial charge in [-0.3, -0.25) is 20.5 Å². The molecule has 1 unspecified atom stereocenters. The van der Waals surface area contributed by atoms with Crippen LogP contribution in [0.25, 0.3) is 0 Å². The number of aliphatic carboxylic acids is 1. The topological polar surface area (TPSA) is 81.9 Å². The molecule has 0 bridgehead atoms. The second-order valence-electron chi connectivity index (χ2n) is 4.03. The highest BCUT2D eigenvalue weighted by Crippen LogP contribution is 2.40. The fraction of sp³-hybridized carbons (Fsp3) is 0.800. The summed E-state index contributed by atoms with van der Waals surface area (Å²) in [6.45, 7) is 4.24. The summed E-state index contributed by atoms with van der Waals surface area (Å²) in [5.41, 5.74) is 1.14. The number of carbonyl (C=O) groups is 1. The number of hydrogen-bond acceptors (Lipinski definition) is 4. The average molecular weight is 214 g/mol. The number of carboxylic acid groups (broad SMARTS) is 1. The van der Waals surface area contributed by atoms with Crippen LogP contribution in [0.15, 0.2) is 4.99 Å². The lowest BCUT2D eigenvalue weighted by atomic mass is 9.71. The third-order valence-corrected chi connectivity index (χ3v) is 3.36. The van der Waals surface area contributed by atoms with Crippen LogP contribution in [0.1, 0.15) is 33.1 Å². The highest BCUT2D eigenvalue weighted by molar-refractivity contribution is 5.91. The maximum Gasteiger partial charge on any atom is 0.312 e. The Kier molecular flexibility index (Phi) is 3.68. The second-order valence-corrected chi connectivity index (χ2v) is 4.03. The van der Waals surface area contributed by atoms with E-state index in [1.165, 1.54) is 0 Å². The molecule has 0 saturated carbocycles. The highest BCUT2D eigenvalue weighted by Gasteiger charge is 2.48. The van der Waals surface area contributed by atoms with E-state index in [1.54, 1.807) is 0 Å². The summed E-state index contributed by atoms with van der Waals surface area (Å²) >= 11 is 0. The molecule has 1 rings (SSSR count). The molecule has 3 N–H and O–H groups in total. The Balaban J connectivity index is 2.88. The summed E-state index contributed by atoms with van der Waals surface area (Å²) in [7, 11) is 0. The van der Waals surface area contributed by atoms with Gasteiger partial charge in [-0.05, 0) is 5.92 Å². The molecular weight excluding hydrogens is 196 g/mol. The van der Waals surface area contributed by atoms with Crippen molar-refractivity contribution in [2.45, 2.75) is 33.1 Å². The zero-order valence-electron chi connectivity index (χ0n) is 9.16. The first-order valence-corrected chi connectivity index (χ1v) is 5.27. The third kappa shape index (κ3) is 1.97. The average Bonchev–Trinajstić information content (AvgIpc) is 2.65. The molecule has 5 nitrogen and oxygen atoms in total. The van der Waals surface area contributed by atoms with E-state index in [2.05, 4.69) is 4.99 Å². The van der Waals surface area contributed by atoms with E-state index in [9.17, 15) is 9.90 Å². The summed E-state index contributed by atoms with van der Waals surface area (Å²) in [4.78, 5) is 15.4. The summed E-state index contributed by atoms with van der Waals surface area (Å²) in [5.74, 6) is -0.334. The Bertz CT molecular complexity index is 274. The lowest BCUT2D eigenvalue weighted by molar-refractivity contribution is -0.151. The molecule has 1 aliphatic heterocycles. The van der Waals surface area contributed by atoms with Gasteiger partial charge in [-0.25, -0.2) is 0 Å². The first-order valence-electron chi connectivity index (χ1n) is 5.27. The van der Waals surface area contributed by atoms with Crippen molar-refractivity contribution in [3.63, 3.8) is 0 Å². The van der Waals surface area contributed by atoms with Gasteiger partial charge in [-0.15, -0.1) is 0 Å². The minimum Gasteiger partial charge on any atom is -0.481 e. The summed E-state index contributed by atoms with van der Waals surface area (Å²) in [5, 5.41) is 18.1. The zero-order valence-corrected chi connectivity index (χ0v) is 9.16. The molecule has 1 atom stereocenters. The van der Waals surface area contributed by atoms with Crippen molar-refractivity contribution in [1.82, 2.24) is 5.48 Å². The molecule has 0 fully saturated rings. The van der Waals surface area contributed by atoms with Gasteiger partial charge in [0.1, 0.15) is 5.84 Å². The highest BCUT2D eigenvalue weighted by atomic mass is 16.5. The van der Waals surface area contributed by atoms with Crippen molar-refractivity contribution in [1.29, 1.82) is 0 Å². The quantitative estimate of drug-likeness (QED) is 0.615. The van der Waals surface area contributed by atoms with Crippen LogP contribution >= 0.6 is 0 Å². The molecule has 0 saturated heterocycles. The van der Waals surface area contributed by atoms with Gasteiger partial charge < -0.3 is 5.11 Å². The summed E-state index contributed by atoms with van der Waals surface area (Å²) < 4.78 is 0. The number of amidine groups is 1. The molecule has 5 heteroatoms. The van der Waals surface area contributed by atoms with Gasteiger partial charge in [0.05, 0.1) is 12.0 Å². The van der Waals surface area contributed by atoms with Gasteiger partial charge in [0.2, 0.25) is 0 Å². The molecule has 0 aromatic heterocycles. The van der Waals surface area contributed by atoms with Gasteiger partial charge in [0, 0.05) is 6.42 Å². The Morgan fingerprint density at radius 2 is 2.20 bits per heavy atom. The number of hydrogen-bond donors (Lipinski definition) is 3. The lowest BCUT2D eigenvalue weighted by Gasteiger charge is -2.31. The van der Waals surface area contributed by atoms with Crippen molar-refractivity contribution in [2.24, 2.45) is 16.3 Å². The normalized spacial score (nSPS) is 25.5. The first kappa shape index (κ1) is 12.0. The fourth-order valence-electron chi connectivity index (χ4n) is 2.38. The molecule has 0 amide bonds. The number of hydroxylamine groups is 1. The minimum absolute atomic E-state index is 0.101. The fourth-order valence-corrected chi connectivity index (χ4v) is 2.38. The van der Waals surface area contributed by atoms with Crippen LogP contribution in [0.4, 0.5) is 0 Å². The minimum atomic E-state index is -0.825. The van der Waals surface area contributed by atoms with E-state index in [-0.39, 0.29) is 12.5 Å². The molecule has 0 radical (unpaired) electrons. The largest absolute Gasteiger partial charge is 0.481 e. The van der Waals surface area contributed by atoms with Crippen LogP contribution in [0.5, 0.6) is 0 Å². The van der Waals surface area contributed by atoms with Gasteiger partial charge in [0.25, 0.3) is 0 Å². The smallest absolute Gasteiger partial charge is 0.312 e. The van der Waals surface area contributed by atoms with E-state index < -0.39 is 11.4 Å². The van der Waals surface area contributed by atoms with E-state index in [0.29, 0.717) is 12.3 Å². The van der Waals surface area contributed by atoms with Crippen LogP contribution < -0.4 is 5.48 Å². The van der Waals surface area contributed by atoms with Crippen molar-refractivity contribution in [2.75, 3.05) is 6.54 Å². The molecular formula is C10H18N2O3. The van der Waals surface area contributed by atoms with Crippen molar-refractivity contribution >= 4 is 11.8 Å². The SMILES string of the molecule is CCC(CC)C1(C(=O)O)CN=C(NO)C1. The van der Waals surface area contributed by atoms with Crippen molar-refractivity contribution in [3.05, 3.63) is 0 Å². The molecule has 1 aliphatic rings. The number of nitrogens with one attached hydrogen (secondary N) is 1.